The number of nitrogens with one attached hydrogen (secondary N) is 2. The van der Waals surface area contributed by atoms with Gasteiger partial charge in [-0.3, -0.25) is 4.79 Å². The monoisotopic (exact) mass is 252 g/mol. The van der Waals surface area contributed by atoms with Gasteiger partial charge in [-0.05, 0) is 19.3 Å². The van der Waals surface area contributed by atoms with Crippen molar-refractivity contribution in [1.82, 2.24) is 10.6 Å². The number of fused-ring (bicyclic) bond motifs is 1. The van der Waals surface area contributed by atoms with Gasteiger partial charge in [-0.25, -0.2) is 0 Å². The van der Waals surface area contributed by atoms with E-state index in [0.717, 1.165) is 19.6 Å². The van der Waals surface area contributed by atoms with E-state index in [9.17, 15) is 4.79 Å². The first-order valence-corrected chi connectivity index (χ1v) is 7.23. The second-order valence-electron chi connectivity index (χ2n) is 6.60. The molecule has 2 saturated heterocycles. The molecule has 4 atom stereocenters. The molecule has 3 aliphatic rings. The van der Waals surface area contributed by atoms with Gasteiger partial charge in [0, 0.05) is 43.0 Å². The Hall–Kier alpha value is -0.610. The Kier molecular flexibility index (Phi) is 3.10. The van der Waals surface area contributed by atoms with Crippen molar-refractivity contribution >= 4 is 5.91 Å². The van der Waals surface area contributed by atoms with E-state index in [1.807, 2.05) is 0 Å². The highest BCUT2D eigenvalue weighted by atomic mass is 16.5. The molecule has 0 aromatic carbocycles. The molecule has 18 heavy (non-hydrogen) atoms. The molecule has 3 fully saturated rings. The predicted molar refractivity (Wildman–Crippen MR) is 69.2 cm³/mol. The van der Waals surface area contributed by atoms with E-state index < -0.39 is 0 Å². The molecule has 4 unspecified atom stereocenters. The van der Waals surface area contributed by atoms with E-state index in [0.29, 0.717) is 30.5 Å². The summed E-state index contributed by atoms with van der Waals surface area (Å²) >= 11 is 0. The van der Waals surface area contributed by atoms with E-state index in [4.69, 9.17) is 4.74 Å². The van der Waals surface area contributed by atoms with Crippen molar-refractivity contribution in [3.8, 4) is 0 Å². The fourth-order valence-electron chi connectivity index (χ4n) is 3.99. The van der Waals surface area contributed by atoms with Crippen LogP contribution in [0.15, 0.2) is 0 Å². The molecule has 4 heteroatoms. The highest BCUT2D eigenvalue weighted by molar-refractivity contribution is 5.76. The van der Waals surface area contributed by atoms with Crippen LogP contribution in [0, 0.1) is 11.3 Å². The molecule has 2 aliphatic heterocycles. The van der Waals surface area contributed by atoms with Crippen molar-refractivity contribution < 1.29 is 9.53 Å². The Bertz CT molecular complexity index is 333. The number of hydrogen-bond acceptors (Lipinski definition) is 3. The molecule has 0 aromatic rings. The average molecular weight is 252 g/mol. The zero-order chi connectivity index (χ0) is 12.8. The van der Waals surface area contributed by atoms with Crippen molar-refractivity contribution in [3.05, 3.63) is 0 Å². The Morgan fingerprint density at radius 2 is 2.22 bits per heavy atom. The van der Waals surface area contributed by atoms with E-state index >= 15 is 0 Å². The normalized spacial score (nSPS) is 42.7. The van der Waals surface area contributed by atoms with Gasteiger partial charge in [0.2, 0.25) is 5.91 Å². The van der Waals surface area contributed by atoms with Crippen LogP contribution in [-0.2, 0) is 9.53 Å². The summed E-state index contributed by atoms with van der Waals surface area (Å²) in [7, 11) is 0. The third-order valence-corrected chi connectivity index (χ3v) is 5.01. The number of piperidine rings is 1. The number of amides is 1. The molecule has 1 amide bonds. The van der Waals surface area contributed by atoms with Crippen LogP contribution in [-0.4, -0.2) is 37.2 Å². The lowest BCUT2D eigenvalue weighted by Crippen LogP contribution is -2.71. The van der Waals surface area contributed by atoms with Gasteiger partial charge in [-0.2, -0.15) is 0 Å². The molecule has 0 bridgehead atoms. The quantitative estimate of drug-likeness (QED) is 0.772. The van der Waals surface area contributed by atoms with Gasteiger partial charge in [0.05, 0.1) is 6.10 Å². The second-order valence-corrected chi connectivity index (χ2v) is 6.60. The average Bonchev–Trinajstić information content (AvgIpc) is 2.38. The number of rotatable bonds is 2. The number of carbonyl (C=O) groups excluding carboxylic acids is 1. The van der Waals surface area contributed by atoms with Crippen molar-refractivity contribution in [2.75, 3.05) is 13.2 Å². The molecule has 0 radical (unpaired) electrons. The van der Waals surface area contributed by atoms with Gasteiger partial charge in [0.1, 0.15) is 0 Å². The van der Waals surface area contributed by atoms with Crippen molar-refractivity contribution in [2.24, 2.45) is 11.3 Å². The maximum atomic E-state index is 11.2. The zero-order valence-corrected chi connectivity index (χ0v) is 11.4. The number of carbonyl (C=O) groups is 1. The minimum atomic E-state index is 0.194. The molecule has 1 saturated carbocycles. The van der Waals surface area contributed by atoms with Crippen molar-refractivity contribution in [3.63, 3.8) is 0 Å². The van der Waals surface area contributed by atoms with E-state index in [-0.39, 0.29) is 11.3 Å². The van der Waals surface area contributed by atoms with Gasteiger partial charge in [-0.15, -0.1) is 0 Å². The molecule has 0 aromatic heterocycles. The lowest BCUT2D eigenvalue weighted by Gasteiger charge is -2.61. The molecule has 2 N–H and O–H groups in total. The van der Waals surface area contributed by atoms with Crippen LogP contribution < -0.4 is 10.6 Å². The molecule has 4 nitrogen and oxygen atoms in total. The van der Waals surface area contributed by atoms with Crippen molar-refractivity contribution in [2.45, 2.75) is 57.7 Å². The Labute approximate surface area is 109 Å². The summed E-state index contributed by atoms with van der Waals surface area (Å²) in [6, 6.07) is 0.984. The highest BCUT2D eigenvalue weighted by Gasteiger charge is 2.58. The molecular weight excluding hydrogens is 228 g/mol. The fraction of sp³-hybridized carbons (Fsp3) is 0.929. The Morgan fingerprint density at radius 3 is 2.94 bits per heavy atom. The molecule has 2 heterocycles. The summed E-state index contributed by atoms with van der Waals surface area (Å²) in [5.41, 5.74) is 0.229. The van der Waals surface area contributed by atoms with Gasteiger partial charge in [0.15, 0.2) is 0 Å². The number of ether oxygens (including phenoxy) is 1. The predicted octanol–water partition coefficient (Wildman–Crippen LogP) is 1.06. The van der Waals surface area contributed by atoms with Crippen LogP contribution in [0.3, 0.4) is 0 Å². The first-order valence-electron chi connectivity index (χ1n) is 7.23. The molecule has 102 valence electrons. The fourth-order valence-corrected chi connectivity index (χ4v) is 3.99. The van der Waals surface area contributed by atoms with E-state index in [1.165, 1.54) is 12.8 Å². The topological polar surface area (TPSA) is 50.4 Å². The van der Waals surface area contributed by atoms with Gasteiger partial charge in [-0.1, -0.05) is 13.8 Å². The van der Waals surface area contributed by atoms with Crippen LogP contribution in [0.4, 0.5) is 0 Å². The minimum Gasteiger partial charge on any atom is -0.377 e. The summed E-state index contributed by atoms with van der Waals surface area (Å²) in [5.74, 6) is 0.867. The minimum absolute atomic E-state index is 0.194. The third-order valence-electron chi connectivity index (χ3n) is 5.01. The lowest BCUT2D eigenvalue weighted by molar-refractivity contribution is -0.194. The van der Waals surface area contributed by atoms with Gasteiger partial charge < -0.3 is 15.4 Å². The van der Waals surface area contributed by atoms with E-state index in [2.05, 4.69) is 24.5 Å². The summed E-state index contributed by atoms with van der Waals surface area (Å²) in [6.45, 7) is 6.32. The van der Waals surface area contributed by atoms with Crippen LogP contribution in [0.25, 0.3) is 0 Å². The zero-order valence-electron chi connectivity index (χ0n) is 11.4. The van der Waals surface area contributed by atoms with Crippen LogP contribution in [0.1, 0.15) is 39.5 Å². The summed E-state index contributed by atoms with van der Waals surface area (Å²) < 4.78 is 5.92. The largest absolute Gasteiger partial charge is 0.377 e. The second kappa shape index (κ2) is 4.49. The first-order chi connectivity index (χ1) is 8.59. The molecule has 3 rings (SSSR count). The number of hydrogen-bond donors (Lipinski definition) is 2. The van der Waals surface area contributed by atoms with Crippen LogP contribution in [0.5, 0.6) is 0 Å². The van der Waals surface area contributed by atoms with E-state index in [1.54, 1.807) is 0 Å². The van der Waals surface area contributed by atoms with Gasteiger partial charge >= 0.3 is 0 Å². The molecule has 1 aliphatic carbocycles. The molecule has 0 spiro atoms. The van der Waals surface area contributed by atoms with Gasteiger partial charge in [0.25, 0.3) is 0 Å². The Balaban J connectivity index is 1.60. The SMILES string of the molecule is CC1(C)C(NC2CCC(=O)NC2)C2CCCOC21. The van der Waals surface area contributed by atoms with Crippen LogP contribution >= 0.6 is 0 Å². The standard InChI is InChI=1S/C14H24N2O2/c1-14(2)12(10-4-3-7-18-13(10)14)16-9-5-6-11(17)15-8-9/h9-10,12-13,16H,3-8H2,1-2H3,(H,15,17). The van der Waals surface area contributed by atoms with Crippen LogP contribution in [0.2, 0.25) is 0 Å². The summed E-state index contributed by atoms with van der Waals surface area (Å²) in [5, 5.41) is 6.72. The lowest BCUT2D eigenvalue weighted by atomic mass is 9.55. The summed E-state index contributed by atoms with van der Waals surface area (Å²) in [6.07, 6.45) is 4.54. The first kappa shape index (κ1) is 12.4. The maximum Gasteiger partial charge on any atom is 0.220 e. The van der Waals surface area contributed by atoms with Crippen molar-refractivity contribution in [1.29, 1.82) is 0 Å². The Morgan fingerprint density at radius 1 is 1.39 bits per heavy atom. The third kappa shape index (κ3) is 1.95. The molecular formula is C14H24N2O2. The smallest absolute Gasteiger partial charge is 0.220 e. The maximum absolute atomic E-state index is 11.2. The summed E-state index contributed by atoms with van der Waals surface area (Å²) in [4.78, 5) is 11.2. The highest BCUT2D eigenvalue weighted by Crippen LogP contribution is 2.51.